The van der Waals surface area contributed by atoms with Gasteiger partial charge in [-0.15, -0.1) is 0 Å². The van der Waals surface area contributed by atoms with Crippen LogP contribution in [0, 0.1) is 6.92 Å². The molecule has 0 saturated heterocycles. The highest BCUT2D eigenvalue weighted by Crippen LogP contribution is 2.30. The van der Waals surface area contributed by atoms with E-state index in [2.05, 4.69) is 59.1 Å². The number of nitrogens with zero attached hydrogens (tertiary/aromatic N) is 2. The van der Waals surface area contributed by atoms with Crippen molar-refractivity contribution < 1.29 is 0 Å². The summed E-state index contributed by atoms with van der Waals surface area (Å²) in [7, 11) is 1.99. The summed E-state index contributed by atoms with van der Waals surface area (Å²) in [6.45, 7) is 4.24. The molecule has 0 aliphatic carbocycles. The van der Waals surface area contributed by atoms with Gasteiger partial charge in [0, 0.05) is 12.6 Å². The normalized spacial score (nSPS) is 10.8. The Bertz CT molecular complexity index is 515. The van der Waals surface area contributed by atoms with Crippen LogP contribution in [0.25, 0.3) is 11.3 Å². The summed E-state index contributed by atoms with van der Waals surface area (Å²) in [4.78, 5) is 0. The summed E-state index contributed by atoms with van der Waals surface area (Å²) in [5.74, 6) is 0. The van der Waals surface area contributed by atoms with Gasteiger partial charge in [-0.2, -0.15) is 5.10 Å². The number of benzene rings is 1. The lowest BCUT2D eigenvalue weighted by molar-refractivity contribution is 0.719. The van der Waals surface area contributed by atoms with E-state index < -0.39 is 0 Å². The van der Waals surface area contributed by atoms with E-state index in [4.69, 9.17) is 0 Å². The zero-order chi connectivity index (χ0) is 11.7. The molecule has 0 aliphatic heterocycles. The molecule has 2 nitrogen and oxygen atoms in total. The first-order valence-electron chi connectivity index (χ1n) is 5.42. The van der Waals surface area contributed by atoms with Gasteiger partial charge in [-0.3, -0.25) is 4.68 Å². The van der Waals surface area contributed by atoms with Crippen LogP contribution in [0.2, 0.25) is 0 Å². The van der Waals surface area contributed by atoms with E-state index in [0.29, 0.717) is 0 Å². The number of aryl methyl sites for hydroxylation is 2. The monoisotopic (exact) mass is 278 g/mol. The second-order valence-electron chi connectivity index (χ2n) is 3.96. The molecule has 0 radical (unpaired) electrons. The topological polar surface area (TPSA) is 17.8 Å². The molecular formula is C13H15BrN2. The van der Waals surface area contributed by atoms with Crippen molar-refractivity contribution in [2.24, 2.45) is 7.05 Å². The van der Waals surface area contributed by atoms with Crippen molar-refractivity contribution >= 4 is 15.9 Å². The van der Waals surface area contributed by atoms with Crippen LogP contribution in [0.5, 0.6) is 0 Å². The van der Waals surface area contributed by atoms with Gasteiger partial charge >= 0.3 is 0 Å². The molecule has 0 amide bonds. The van der Waals surface area contributed by atoms with E-state index in [1.165, 1.54) is 16.8 Å². The van der Waals surface area contributed by atoms with Gasteiger partial charge in [-0.05, 0) is 35.3 Å². The first-order chi connectivity index (χ1) is 7.63. The SMILES string of the molecule is CCc1c(Br)c(-c2cccc(C)c2)nn1C. The fraction of sp³-hybridized carbons (Fsp3) is 0.308. The Balaban J connectivity index is 2.56. The number of halogens is 1. The molecule has 2 rings (SSSR count). The largest absolute Gasteiger partial charge is 0.271 e. The van der Waals surface area contributed by atoms with Crippen LogP contribution in [-0.2, 0) is 13.5 Å². The molecule has 1 aromatic carbocycles. The quantitative estimate of drug-likeness (QED) is 0.819. The van der Waals surface area contributed by atoms with Crippen LogP contribution < -0.4 is 0 Å². The molecule has 0 unspecified atom stereocenters. The Labute approximate surface area is 104 Å². The van der Waals surface area contributed by atoms with Crippen LogP contribution in [0.1, 0.15) is 18.2 Å². The summed E-state index contributed by atoms with van der Waals surface area (Å²) in [5.41, 5.74) is 4.69. The Morgan fingerprint density at radius 2 is 2.12 bits per heavy atom. The van der Waals surface area contributed by atoms with Crippen molar-refractivity contribution in [1.29, 1.82) is 0 Å². The van der Waals surface area contributed by atoms with E-state index in [1.807, 2.05) is 11.7 Å². The van der Waals surface area contributed by atoms with Crippen LogP contribution >= 0.6 is 15.9 Å². The maximum absolute atomic E-state index is 4.56. The number of aromatic nitrogens is 2. The highest BCUT2D eigenvalue weighted by molar-refractivity contribution is 9.10. The number of hydrogen-bond acceptors (Lipinski definition) is 1. The van der Waals surface area contributed by atoms with Gasteiger partial charge in [0.25, 0.3) is 0 Å². The van der Waals surface area contributed by atoms with E-state index in [1.54, 1.807) is 0 Å². The lowest BCUT2D eigenvalue weighted by atomic mass is 10.1. The lowest BCUT2D eigenvalue weighted by Gasteiger charge is -1.99. The molecule has 0 bridgehead atoms. The van der Waals surface area contributed by atoms with Crippen molar-refractivity contribution in [3.63, 3.8) is 0 Å². The minimum atomic E-state index is 0.982. The average molecular weight is 279 g/mol. The van der Waals surface area contributed by atoms with Crippen LogP contribution in [-0.4, -0.2) is 9.78 Å². The Kier molecular flexibility index (Phi) is 3.15. The molecule has 0 atom stereocenters. The van der Waals surface area contributed by atoms with Crippen LogP contribution in [0.4, 0.5) is 0 Å². The molecule has 0 saturated carbocycles. The summed E-state index contributed by atoms with van der Waals surface area (Å²) < 4.78 is 3.06. The van der Waals surface area contributed by atoms with Crippen molar-refractivity contribution in [1.82, 2.24) is 9.78 Å². The van der Waals surface area contributed by atoms with Crippen LogP contribution in [0.15, 0.2) is 28.7 Å². The van der Waals surface area contributed by atoms with Gasteiger partial charge in [0.1, 0.15) is 5.69 Å². The first-order valence-corrected chi connectivity index (χ1v) is 6.21. The third-order valence-corrected chi connectivity index (χ3v) is 3.56. The highest BCUT2D eigenvalue weighted by atomic mass is 79.9. The molecule has 0 aliphatic rings. The van der Waals surface area contributed by atoms with E-state index >= 15 is 0 Å². The number of rotatable bonds is 2. The molecule has 0 N–H and O–H groups in total. The Morgan fingerprint density at radius 1 is 1.38 bits per heavy atom. The highest BCUT2D eigenvalue weighted by Gasteiger charge is 2.13. The smallest absolute Gasteiger partial charge is 0.107 e. The molecule has 84 valence electrons. The van der Waals surface area contributed by atoms with Gasteiger partial charge in [0.05, 0.1) is 10.2 Å². The second kappa shape index (κ2) is 4.42. The molecule has 3 heteroatoms. The predicted molar refractivity (Wildman–Crippen MR) is 70.5 cm³/mol. The fourth-order valence-electron chi connectivity index (χ4n) is 1.89. The van der Waals surface area contributed by atoms with Gasteiger partial charge in [-0.1, -0.05) is 30.7 Å². The summed E-state index contributed by atoms with van der Waals surface area (Å²) in [6.07, 6.45) is 0.982. The summed E-state index contributed by atoms with van der Waals surface area (Å²) in [6, 6.07) is 8.42. The van der Waals surface area contributed by atoms with Crippen LogP contribution in [0.3, 0.4) is 0 Å². The molecular weight excluding hydrogens is 264 g/mol. The van der Waals surface area contributed by atoms with Gasteiger partial charge in [0.2, 0.25) is 0 Å². The zero-order valence-electron chi connectivity index (χ0n) is 9.79. The van der Waals surface area contributed by atoms with Gasteiger partial charge in [0.15, 0.2) is 0 Å². The molecule has 0 spiro atoms. The minimum absolute atomic E-state index is 0.982. The molecule has 1 aromatic heterocycles. The Hall–Kier alpha value is -1.09. The third kappa shape index (κ3) is 1.92. The van der Waals surface area contributed by atoms with Crippen molar-refractivity contribution in [2.45, 2.75) is 20.3 Å². The fourth-order valence-corrected chi connectivity index (χ4v) is 2.74. The minimum Gasteiger partial charge on any atom is -0.271 e. The molecule has 0 fully saturated rings. The van der Waals surface area contributed by atoms with Crippen molar-refractivity contribution in [2.75, 3.05) is 0 Å². The Morgan fingerprint density at radius 3 is 2.69 bits per heavy atom. The zero-order valence-corrected chi connectivity index (χ0v) is 11.4. The maximum Gasteiger partial charge on any atom is 0.107 e. The first kappa shape index (κ1) is 11.4. The summed E-state index contributed by atoms with van der Waals surface area (Å²) >= 11 is 3.64. The molecule has 1 heterocycles. The molecule has 2 aromatic rings. The molecule has 16 heavy (non-hydrogen) atoms. The lowest BCUT2D eigenvalue weighted by Crippen LogP contribution is -1.96. The van der Waals surface area contributed by atoms with Gasteiger partial charge in [-0.25, -0.2) is 0 Å². The van der Waals surface area contributed by atoms with Crippen molar-refractivity contribution in [3.05, 3.63) is 40.0 Å². The van der Waals surface area contributed by atoms with Gasteiger partial charge < -0.3 is 0 Å². The maximum atomic E-state index is 4.56. The summed E-state index contributed by atoms with van der Waals surface area (Å²) in [5, 5.41) is 4.56. The standard InChI is InChI=1S/C13H15BrN2/c1-4-11-12(14)13(15-16(11)3)10-7-5-6-9(2)8-10/h5-8H,4H2,1-3H3. The average Bonchev–Trinajstić information content (AvgIpc) is 2.54. The number of hydrogen-bond donors (Lipinski definition) is 0. The van der Waals surface area contributed by atoms with E-state index in [0.717, 1.165) is 16.6 Å². The third-order valence-electron chi connectivity index (χ3n) is 2.73. The second-order valence-corrected chi connectivity index (χ2v) is 4.75. The van der Waals surface area contributed by atoms with E-state index in [-0.39, 0.29) is 0 Å². The van der Waals surface area contributed by atoms with Crippen molar-refractivity contribution in [3.8, 4) is 11.3 Å². The predicted octanol–water partition coefficient (Wildman–Crippen LogP) is 3.72. The van der Waals surface area contributed by atoms with E-state index in [9.17, 15) is 0 Å².